The van der Waals surface area contributed by atoms with E-state index in [0.29, 0.717) is 43.0 Å². The quantitative estimate of drug-likeness (QED) is 0.513. The van der Waals surface area contributed by atoms with Gasteiger partial charge in [-0.3, -0.25) is 4.79 Å². The van der Waals surface area contributed by atoms with Crippen molar-refractivity contribution in [3.8, 4) is 0 Å². The Hall–Kier alpha value is -2.90. The molecule has 2 aromatic heterocycles. The number of ether oxygens (including phenoxy) is 1. The number of hydrogen-bond acceptors (Lipinski definition) is 10. The molecule has 3 heterocycles. The monoisotopic (exact) mass is 450 g/mol. The van der Waals surface area contributed by atoms with Crippen LogP contribution in [0, 0.1) is 5.92 Å². The molecule has 0 aliphatic carbocycles. The number of fused-ring (bicyclic) bond motifs is 1. The number of rotatable bonds is 8. The van der Waals surface area contributed by atoms with Crippen molar-refractivity contribution in [1.82, 2.24) is 30.1 Å². The summed E-state index contributed by atoms with van der Waals surface area (Å²) in [5.74, 6) is 0.505. The molecule has 0 spiro atoms. The second-order valence-corrected chi connectivity index (χ2v) is 9.05. The van der Waals surface area contributed by atoms with Crippen molar-refractivity contribution in [2.45, 2.75) is 30.8 Å². The summed E-state index contributed by atoms with van der Waals surface area (Å²) in [6, 6.07) is 4.71. The van der Waals surface area contributed by atoms with E-state index in [2.05, 4.69) is 30.4 Å². The average molecular weight is 450 g/mol. The highest BCUT2D eigenvalue weighted by molar-refractivity contribution is 7.89. The molecule has 1 aromatic carbocycles. The summed E-state index contributed by atoms with van der Waals surface area (Å²) in [5.41, 5.74) is 0.587. The third-order valence-electron chi connectivity index (χ3n) is 5.12. The molecule has 1 aliphatic heterocycles. The van der Waals surface area contributed by atoms with Crippen molar-refractivity contribution < 1.29 is 27.1 Å². The zero-order valence-electron chi connectivity index (χ0n) is 16.9. The van der Waals surface area contributed by atoms with Crippen LogP contribution in [0.2, 0.25) is 0 Å². The molecule has 3 aromatic rings. The first-order chi connectivity index (χ1) is 15.0. The van der Waals surface area contributed by atoms with Crippen LogP contribution in [-0.2, 0) is 32.6 Å². The number of benzene rings is 1. The van der Waals surface area contributed by atoms with Crippen molar-refractivity contribution in [3.63, 3.8) is 0 Å². The lowest BCUT2D eigenvalue weighted by atomic mass is 9.97. The van der Waals surface area contributed by atoms with Gasteiger partial charge in [0, 0.05) is 39.1 Å². The minimum atomic E-state index is -3.76. The van der Waals surface area contributed by atoms with Crippen LogP contribution in [0.4, 0.5) is 0 Å². The van der Waals surface area contributed by atoms with Crippen molar-refractivity contribution in [3.05, 3.63) is 29.9 Å². The molecule has 1 saturated heterocycles. The highest BCUT2D eigenvalue weighted by Gasteiger charge is 2.33. The van der Waals surface area contributed by atoms with Crippen molar-refractivity contribution in [2.24, 2.45) is 5.92 Å². The highest BCUT2D eigenvalue weighted by Crippen LogP contribution is 2.27. The Morgan fingerprint density at radius 3 is 2.84 bits per heavy atom. The van der Waals surface area contributed by atoms with E-state index in [1.807, 2.05) is 0 Å². The molecule has 0 radical (unpaired) electrons. The molecule has 166 valence electrons. The molecule has 0 bridgehead atoms. The normalized spacial score (nSPS) is 16.0. The van der Waals surface area contributed by atoms with E-state index in [1.165, 1.54) is 17.5 Å². The van der Waals surface area contributed by atoms with Crippen LogP contribution in [0.25, 0.3) is 11.0 Å². The zero-order valence-corrected chi connectivity index (χ0v) is 17.7. The van der Waals surface area contributed by atoms with E-state index in [-0.39, 0.29) is 41.9 Å². The fourth-order valence-corrected chi connectivity index (χ4v) is 5.11. The van der Waals surface area contributed by atoms with Gasteiger partial charge >= 0.3 is 0 Å². The molecule has 1 fully saturated rings. The molecule has 4 rings (SSSR count). The van der Waals surface area contributed by atoms with Crippen LogP contribution in [0.15, 0.2) is 32.2 Å². The molecule has 1 aliphatic rings. The van der Waals surface area contributed by atoms with E-state index >= 15 is 0 Å². The van der Waals surface area contributed by atoms with Crippen LogP contribution < -0.4 is 5.32 Å². The number of carbonyl (C=O) groups is 1. The second kappa shape index (κ2) is 9.08. The number of hydrogen-bond donors (Lipinski definition) is 1. The van der Waals surface area contributed by atoms with Crippen LogP contribution >= 0.6 is 0 Å². The molecule has 0 atom stereocenters. The predicted octanol–water partition coefficient (Wildman–Crippen LogP) is 0.512. The number of methoxy groups -OCH3 is 1. The van der Waals surface area contributed by atoms with E-state index in [4.69, 9.17) is 9.26 Å². The van der Waals surface area contributed by atoms with Gasteiger partial charge in [0.25, 0.3) is 5.89 Å². The van der Waals surface area contributed by atoms with Crippen LogP contribution in [0.5, 0.6) is 0 Å². The van der Waals surface area contributed by atoms with Gasteiger partial charge in [0.05, 0.1) is 0 Å². The minimum absolute atomic E-state index is 0.0575. The molecule has 13 heteroatoms. The van der Waals surface area contributed by atoms with Gasteiger partial charge in [-0.2, -0.15) is 9.29 Å². The topological polar surface area (TPSA) is 154 Å². The molecule has 0 unspecified atom stereocenters. The Kier molecular flexibility index (Phi) is 6.25. The molecular weight excluding hydrogens is 428 g/mol. The maximum absolute atomic E-state index is 13.0. The van der Waals surface area contributed by atoms with Gasteiger partial charge in [0.15, 0.2) is 11.3 Å². The summed E-state index contributed by atoms with van der Waals surface area (Å²) >= 11 is 0. The number of nitrogens with one attached hydrogen (secondary N) is 1. The van der Waals surface area contributed by atoms with Gasteiger partial charge in [-0.25, -0.2) is 13.0 Å². The van der Waals surface area contributed by atoms with Crippen molar-refractivity contribution in [2.75, 3.05) is 26.7 Å². The zero-order chi connectivity index (χ0) is 21.8. The Balaban J connectivity index is 1.29. The largest absolute Gasteiger partial charge is 0.375 e. The number of carbonyl (C=O) groups excluding carboxylic acids is 1. The number of piperidine rings is 1. The smallest absolute Gasteiger partial charge is 0.252 e. The SMILES string of the molecule is COCc1nc(CCNC(=O)C2CCN(S(=O)(=O)c3cccc4nonc34)CC2)no1. The summed E-state index contributed by atoms with van der Waals surface area (Å²) in [6.45, 7) is 1.09. The van der Waals surface area contributed by atoms with Gasteiger partial charge in [-0.05, 0) is 35.3 Å². The minimum Gasteiger partial charge on any atom is -0.375 e. The maximum atomic E-state index is 13.0. The van der Waals surface area contributed by atoms with E-state index in [1.54, 1.807) is 12.1 Å². The second-order valence-electron chi connectivity index (χ2n) is 7.14. The van der Waals surface area contributed by atoms with Crippen LogP contribution in [-0.4, -0.2) is 65.8 Å². The van der Waals surface area contributed by atoms with E-state index < -0.39 is 10.0 Å². The summed E-state index contributed by atoms with van der Waals surface area (Å²) in [5, 5.41) is 14.1. The number of amides is 1. The first-order valence-electron chi connectivity index (χ1n) is 9.78. The fourth-order valence-electron chi connectivity index (χ4n) is 3.50. The van der Waals surface area contributed by atoms with Gasteiger partial charge in [-0.1, -0.05) is 11.2 Å². The van der Waals surface area contributed by atoms with Gasteiger partial charge in [0.1, 0.15) is 17.0 Å². The highest BCUT2D eigenvalue weighted by atomic mass is 32.2. The molecule has 12 nitrogen and oxygen atoms in total. The van der Waals surface area contributed by atoms with Gasteiger partial charge < -0.3 is 14.6 Å². The molecule has 1 amide bonds. The van der Waals surface area contributed by atoms with Gasteiger partial charge in [-0.15, -0.1) is 0 Å². The molecule has 1 N–H and O–H groups in total. The summed E-state index contributed by atoms with van der Waals surface area (Å²) < 4.78 is 42.0. The van der Waals surface area contributed by atoms with Crippen molar-refractivity contribution >= 4 is 27.0 Å². The molecule has 0 saturated carbocycles. The lowest BCUT2D eigenvalue weighted by Gasteiger charge is -2.30. The summed E-state index contributed by atoms with van der Waals surface area (Å²) in [7, 11) is -2.23. The summed E-state index contributed by atoms with van der Waals surface area (Å²) in [4.78, 5) is 16.7. The maximum Gasteiger partial charge on any atom is 0.252 e. The van der Waals surface area contributed by atoms with Crippen LogP contribution in [0.1, 0.15) is 24.6 Å². The summed E-state index contributed by atoms with van der Waals surface area (Å²) in [6.07, 6.45) is 1.29. The molecular formula is C18H22N6O6S. The Morgan fingerprint density at radius 2 is 2.06 bits per heavy atom. The Bertz CT molecular complexity index is 1150. The first-order valence-corrected chi connectivity index (χ1v) is 11.2. The fraction of sp³-hybridized carbons (Fsp3) is 0.500. The average Bonchev–Trinajstić information content (AvgIpc) is 3.43. The van der Waals surface area contributed by atoms with E-state index in [9.17, 15) is 13.2 Å². The van der Waals surface area contributed by atoms with Crippen molar-refractivity contribution in [1.29, 1.82) is 0 Å². The first kappa shape index (κ1) is 21.3. The Morgan fingerprint density at radius 1 is 1.26 bits per heavy atom. The van der Waals surface area contributed by atoms with Crippen LogP contribution in [0.3, 0.4) is 0 Å². The third-order valence-corrected chi connectivity index (χ3v) is 7.05. The number of aromatic nitrogens is 4. The predicted molar refractivity (Wildman–Crippen MR) is 105 cm³/mol. The number of sulfonamides is 1. The Labute approximate surface area is 177 Å². The lowest BCUT2D eigenvalue weighted by molar-refractivity contribution is -0.126. The van der Waals surface area contributed by atoms with E-state index in [0.717, 1.165) is 0 Å². The van der Waals surface area contributed by atoms with Gasteiger partial charge in [0.2, 0.25) is 15.9 Å². The lowest BCUT2D eigenvalue weighted by Crippen LogP contribution is -2.43. The third kappa shape index (κ3) is 4.57. The standard InChI is InChI=1S/C18H22N6O6S/c1-28-11-16-20-15(22-29-16)5-8-19-18(25)12-6-9-24(10-7-12)31(26,27)14-4-2-3-13-17(14)23-30-21-13/h2-4,12H,5-11H2,1H3,(H,19,25). The number of nitrogens with zero attached hydrogens (tertiary/aromatic N) is 5. The molecule has 31 heavy (non-hydrogen) atoms.